The summed E-state index contributed by atoms with van der Waals surface area (Å²) < 4.78 is 51.5. The van der Waals surface area contributed by atoms with E-state index in [1.165, 1.54) is 0 Å². The van der Waals surface area contributed by atoms with Gasteiger partial charge in [-0.2, -0.15) is 13.2 Å². The smallest absolute Gasteiger partial charge is 0.419 e. The third-order valence-corrected chi connectivity index (χ3v) is 12.0. The van der Waals surface area contributed by atoms with Crippen LogP contribution in [0.3, 0.4) is 0 Å². The van der Waals surface area contributed by atoms with Crippen molar-refractivity contribution < 1.29 is 37.0 Å². The molecule has 14 heteroatoms. The Morgan fingerprint density at radius 1 is 1.21 bits per heavy atom. The summed E-state index contributed by atoms with van der Waals surface area (Å²) in [6, 6.07) is -0.707. The zero-order chi connectivity index (χ0) is 28.5. The molecule has 214 valence electrons. The SMILES string of the molecule is C[C@@H](CO[C@@H]1CCN([C@@H]2CCN(c3ncc(C(F)(F)F)cn3)C[C@H]2O[Si](C)(C)C(C)(C)C)C1=O)NC(=O)O. The standard InChI is InChI=1S/C24H38F3N5O5Si/c1-15(30-22(34)35)14-36-18-8-10-32(20(18)33)17-7-9-31(13-19(17)37-38(5,6)23(2,3)4)21-28-11-16(12-29-21)24(25,26)27/h11-12,15,17-19,30H,7-10,13-14H2,1-6H3,(H,34,35)/t15-,17+,18+,19+/m0/s1. The molecule has 2 amide bonds. The maximum atomic E-state index is 13.3. The van der Waals surface area contributed by atoms with E-state index in [9.17, 15) is 22.8 Å². The average molecular weight is 562 g/mol. The lowest BCUT2D eigenvalue weighted by atomic mass is 10.0. The second-order valence-corrected chi connectivity index (χ2v) is 16.2. The van der Waals surface area contributed by atoms with Crippen LogP contribution in [0.25, 0.3) is 0 Å². The highest BCUT2D eigenvalue weighted by atomic mass is 28.4. The first-order chi connectivity index (χ1) is 17.5. The fourth-order valence-electron chi connectivity index (χ4n) is 4.42. The number of likely N-dealkylation sites (tertiary alicyclic amines) is 1. The van der Waals surface area contributed by atoms with Gasteiger partial charge in [0.2, 0.25) is 5.95 Å². The molecule has 0 unspecified atom stereocenters. The van der Waals surface area contributed by atoms with Crippen LogP contribution in [0.1, 0.15) is 46.1 Å². The number of rotatable bonds is 8. The van der Waals surface area contributed by atoms with Gasteiger partial charge in [-0.3, -0.25) is 4.79 Å². The van der Waals surface area contributed by atoms with E-state index in [1.54, 1.807) is 11.8 Å². The molecule has 38 heavy (non-hydrogen) atoms. The van der Waals surface area contributed by atoms with E-state index in [0.29, 0.717) is 32.5 Å². The summed E-state index contributed by atoms with van der Waals surface area (Å²) in [7, 11) is -2.28. The quantitative estimate of drug-likeness (QED) is 0.461. The third-order valence-electron chi connectivity index (χ3n) is 7.53. The van der Waals surface area contributed by atoms with Crippen molar-refractivity contribution in [1.29, 1.82) is 0 Å². The van der Waals surface area contributed by atoms with Gasteiger partial charge in [-0.15, -0.1) is 0 Å². The van der Waals surface area contributed by atoms with Crippen LogP contribution in [-0.4, -0.2) is 90.8 Å². The van der Waals surface area contributed by atoms with Crippen LogP contribution >= 0.6 is 0 Å². The minimum atomic E-state index is -4.52. The van der Waals surface area contributed by atoms with Crippen LogP contribution in [-0.2, 0) is 20.1 Å². The predicted octanol–water partition coefficient (Wildman–Crippen LogP) is 3.74. The lowest BCUT2D eigenvalue weighted by Gasteiger charge is -2.47. The molecule has 0 saturated carbocycles. The number of carboxylic acid groups (broad SMARTS) is 1. The zero-order valence-electron chi connectivity index (χ0n) is 22.7. The van der Waals surface area contributed by atoms with Gasteiger partial charge in [-0.25, -0.2) is 14.8 Å². The Hall–Kier alpha value is -2.45. The molecule has 2 saturated heterocycles. The van der Waals surface area contributed by atoms with Crippen LogP contribution in [0, 0.1) is 0 Å². The van der Waals surface area contributed by atoms with E-state index < -0.39 is 44.4 Å². The van der Waals surface area contributed by atoms with Crippen molar-refractivity contribution >= 4 is 26.3 Å². The molecule has 0 aromatic carbocycles. The van der Waals surface area contributed by atoms with Gasteiger partial charge in [0.1, 0.15) is 6.10 Å². The van der Waals surface area contributed by atoms with Crippen LogP contribution in [0.15, 0.2) is 12.4 Å². The second-order valence-electron chi connectivity index (χ2n) is 11.5. The van der Waals surface area contributed by atoms with Crippen molar-refractivity contribution in [2.75, 3.05) is 31.1 Å². The Balaban J connectivity index is 1.76. The van der Waals surface area contributed by atoms with Crippen molar-refractivity contribution in [3.63, 3.8) is 0 Å². The predicted molar refractivity (Wildman–Crippen MR) is 136 cm³/mol. The molecular formula is C24H38F3N5O5Si. The van der Waals surface area contributed by atoms with Gasteiger partial charge in [0, 0.05) is 38.4 Å². The topological polar surface area (TPSA) is 117 Å². The normalized spacial score (nSPS) is 24.0. The molecular weight excluding hydrogens is 523 g/mol. The maximum Gasteiger partial charge on any atom is 0.419 e. The largest absolute Gasteiger partial charge is 0.465 e. The Labute approximate surface area is 222 Å². The van der Waals surface area contributed by atoms with Crippen molar-refractivity contribution in [3.05, 3.63) is 18.0 Å². The molecule has 2 aliphatic heterocycles. The third kappa shape index (κ3) is 7.14. The van der Waals surface area contributed by atoms with E-state index >= 15 is 0 Å². The summed E-state index contributed by atoms with van der Waals surface area (Å²) >= 11 is 0. The number of hydrogen-bond donors (Lipinski definition) is 2. The summed E-state index contributed by atoms with van der Waals surface area (Å²) in [5, 5.41) is 11.1. The van der Waals surface area contributed by atoms with Gasteiger partial charge in [0.25, 0.3) is 5.91 Å². The average Bonchev–Trinajstić information content (AvgIpc) is 3.15. The summed E-state index contributed by atoms with van der Waals surface area (Å²) in [6.45, 7) is 13.6. The van der Waals surface area contributed by atoms with E-state index in [4.69, 9.17) is 14.3 Å². The highest BCUT2D eigenvalue weighted by Crippen LogP contribution is 2.39. The van der Waals surface area contributed by atoms with Gasteiger partial charge in [0.15, 0.2) is 8.32 Å². The first-order valence-corrected chi connectivity index (χ1v) is 15.6. The van der Waals surface area contributed by atoms with Crippen molar-refractivity contribution in [3.8, 4) is 0 Å². The number of anilines is 1. The van der Waals surface area contributed by atoms with E-state index in [1.807, 2.05) is 4.90 Å². The Morgan fingerprint density at radius 2 is 1.84 bits per heavy atom. The number of carbonyl (C=O) groups excluding carboxylic acids is 1. The Kier molecular flexibility index (Phi) is 8.98. The first kappa shape index (κ1) is 30.1. The number of nitrogens with zero attached hydrogens (tertiary/aromatic N) is 4. The molecule has 1 aromatic rings. The zero-order valence-corrected chi connectivity index (χ0v) is 23.7. The molecule has 3 heterocycles. The fourth-order valence-corrected chi connectivity index (χ4v) is 5.76. The molecule has 0 aliphatic carbocycles. The monoisotopic (exact) mass is 561 g/mol. The van der Waals surface area contributed by atoms with E-state index in [-0.39, 0.29) is 29.5 Å². The molecule has 2 fully saturated rings. The van der Waals surface area contributed by atoms with Crippen molar-refractivity contribution in [2.24, 2.45) is 0 Å². The number of ether oxygens (including phenoxy) is 1. The van der Waals surface area contributed by atoms with Crippen LogP contribution in [0.2, 0.25) is 18.1 Å². The Bertz CT molecular complexity index is 989. The van der Waals surface area contributed by atoms with Crippen molar-refractivity contribution in [1.82, 2.24) is 20.2 Å². The van der Waals surface area contributed by atoms with E-state index in [2.05, 4.69) is 49.1 Å². The number of alkyl halides is 3. The lowest BCUT2D eigenvalue weighted by Crippen LogP contribution is -2.60. The molecule has 2 N–H and O–H groups in total. The minimum Gasteiger partial charge on any atom is -0.465 e. The number of halogens is 3. The number of piperidine rings is 1. The summed E-state index contributed by atoms with van der Waals surface area (Å²) in [4.78, 5) is 35.6. The van der Waals surface area contributed by atoms with Gasteiger partial charge in [0.05, 0.1) is 30.4 Å². The Morgan fingerprint density at radius 3 is 2.39 bits per heavy atom. The number of carbonyl (C=O) groups is 2. The molecule has 0 spiro atoms. The lowest BCUT2D eigenvalue weighted by molar-refractivity contribution is -0.141. The van der Waals surface area contributed by atoms with Crippen LogP contribution < -0.4 is 10.2 Å². The van der Waals surface area contributed by atoms with Gasteiger partial charge >= 0.3 is 12.3 Å². The second kappa shape index (κ2) is 11.3. The maximum absolute atomic E-state index is 13.3. The van der Waals surface area contributed by atoms with Crippen LogP contribution in [0.5, 0.6) is 0 Å². The molecule has 4 atom stereocenters. The molecule has 0 radical (unpaired) electrons. The molecule has 1 aromatic heterocycles. The summed E-state index contributed by atoms with van der Waals surface area (Å²) in [5.74, 6) is 0.0229. The molecule has 3 rings (SSSR count). The van der Waals surface area contributed by atoms with Gasteiger partial charge in [-0.1, -0.05) is 20.8 Å². The van der Waals surface area contributed by atoms with Gasteiger partial charge in [-0.05, 0) is 31.5 Å². The minimum absolute atomic E-state index is 0.0736. The summed E-state index contributed by atoms with van der Waals surface area (Å²) in [5.41, 5.74) is -0.910. The van der Waals surface area contributed by atoms with Gasteiger partial charge < -0.3 is 29.4 Å². The molecule has 10 nitrogen and oxygen atoms in total. The highest BCUT2D eigenvalue weighted by Gasteiger charge is 2.47. The molecule has 2 aliphatic rings. The van der Waals surface area contributed by atoms with Crippen molar-refractivity contribution in [2.45, 2.75) is 89.1 Å². The number of nitrogens with one attached hydrogen (secondary N) is 1. The fraction of sp³-hybridized carbons (Fsp3) is 0.750. The highest BCUT2D eigenvalue weighted by molar-refractivity contribution is 6.74. The first-order valence-electron chi connectivity index (χ1n) is 12.7. The number of aromatic nitrogens is 2. The molecule has 0 bridgehead atoms. The van der Waals surface area contributed by atoms with E-state index in [0.717, 1.165) is 12.4 Å². The number of amides is 2. The number of hydrogen-bond acceptors (Lipinski definition) is 7. The van der Waals surface area contributed by atoms with Crippen LogP contribution in [0.4, 0.5) is 23.9 Å². The summed E-state index contributed by atoms with van der Waals surface area (Å²) in [6.07, 6.45) is -4.17.